The van der Waals surface area contributed by atoms with E-state index < -0.39 is 0 Å². The molecule has 0 aliphatic rings. The van der Waals surface area contributed by atoms with Crippen LogP contribution in [-0.2, 0) is 19.1 Å². The summed E-state index contributed by atoms with van der Waals surface area (Å²) in [6, 6.07) is 0. The Balaban J connectivity index is 3.25. The minimum atomic E-state index is -0.101. The van der Waals surface area contributed by atoms with Crippen LogP contribution in [0.15, 0.2) is 0 Å². The van der Waals surface area contributed by atoms with Gasteiger partial charge >= 0.3 is 11.9 Å². The highest BCUT2D eigenvalue weighted by Crippen LogP contribution is 2.13. The Hall–Kier alpha value is -1.06. The quantitative estimate of drug-likeness (QED) is 0.0938. The molecule has 0 amide bonds. The normalized spacial score (nSPS) is 11.0. The molecule has 4 nitrogen and oxygen atoms in total. The molecule has 0 aliphatic carbocycles. The summed E-state index contributed by atoms with van der Waals surface area (Å²) in [5, 5.41) is 0. The van der Waals surface area contributed by atoms with E-state index in [1.54, 1.807) is 0 Å². The van der Waals surface area contributed by atoms with Gasteiger partial charge in [0.25, 0.3) is 0 Å². The van der Waals surface area contributed by atoms with Crippen molar-refractivity contribution in [1.29, 1.82) is 0 Å². The third-order valence-electron chi connectivity index (χ3n) is 6.28. The summed E-state index contributed by atoms with van der Waals surface area (Å²) in [5.41, 5.74) is 0. The van der Waals surface area contributed by atoms with E-state index in [0.717, 1.165) is 44.9 Å². The molecule has 0 fully saturated rings. The Labute approximate surface area is 206 Å². The molecule has 0 unspecified atom stereocenters. The van der Waals surface area contributed by atoms with Crippen LogP contribution in [0.5, 0.6) is 0 Å². The molecule has 0 N–H and O–H groups in total. The number of ether oxygens (including phenoxy) is 2. The molecule has 33 heavy (non-hydrogen) atoms. The number of rotatable bonds is 26. The number of hydrogen-bond donors (Lipinski definition) is 0. The average Bonchev–Trinajstić information content (AvgIpc) is 2.81. The lowest BCUT2D eigenvalue weighted by molar-refractivity contribution is -0.144. The Bertz CT molecular complexity index is 422. The van der Waals surface area contributed by atoms with Gasteiger partial charge in [0.15, 0.2) is 0 Å². The van der Waals surface area contributed by atoms with E-state index in [1.807, 2.05) is 0 Å². The zero-order valence-electron chi connectivity index (χ0n) is 22.3. The fourth-order valence-corrected chi connectivity index (χ4v) is 4.06. The summed E-state index contributed by atoms with van der Waals surface area (Å²) in [7, 11) is 0. The van der Waals surface area contributed by atoms with Gasteiger partial charge in [-0.2, -0.15) is 0 Å². The van der Waals surface area contributed by atoms with Crippen molar-refractivity contribution in [3.8, 4) is 0 Å². The van der Waals surface area contributed by atoms with Crippen molar-refractivity contribution in [1.82, 2.24) is 0 Å². The highest BCUT2D eigenvalue weighted by molar-refractivity contribution is 5.69. The first-order valence-electron chi connectivity index (χ1n) is 14.5. The maximum Gasteiger partial charge on any atom is 0.305 e. The lowest BCUT2D eigenvalue weighted by atomic mass is 10.0. The van der Waals surface area contributed by atoms with Crippen LogP contribution in [0.1, 0.15) is 162 Å². The molecule has 0 heterocycles. The van der Waals surface area contributed by atoms with Crippen LogP contribution in [0.4, 0.5) is 0 Å². The topological polar surface area (TPSA) is 52.6 Å². The second-order valence-corrected chi connectivity index (χ2v) is 9.66. The van der Waals surface area contributed by atoms with Crippen molar-refractivity contribution in [2.45, 2.75) is 162 Å². The Morgan fingerprint density at radius 3 is 1.00 bits per heavy atom. The summed E-state index contributed by atoms with van der Waals surface area (Å²) in [6.45, 7) is 5.57. The molecule has 0 atom stereocenters. The average molecular weight is 469 g/mol. The number of carbonyl (C=O) groups excluding carboxylic acids is 2. The van der Waals surface area contributed by atoms with Gasteiger partial charge in [0.2, 0.25) is 0 Å². The molecule has 0 radical (unpaired) electrons. The predicted molar refractivity (Wildman–Crippen MR) is 139 cm³/mol. The molecule has 196 valence electrons. The van der Waals surface area contributed by atoms with Crippen molar-refractivity contribution >= 4 is 11.9 Å². The maximum absolute atomic E-state index is 11.8. The summed E-state index contributed by atoms with van der Waals surface area (Å²) < 4.78 is 10.6. The molecule has 0 aromatic rings. The minimum Gasteiger partial charge on any atom is -0.466 e. The van der Waals surface area contributed by atoms with Crippen LogP contribution in [0.25, 0.3) is 0 Å². The maximum atomic E-state index is 11.8. The molecule has 0 aromatic heterocycles. The van der Waals surface area contributed by atoms with Crippen LogP contribution < -0.4 is 0 Å². The highest BCUT2D eigenvalue weighted by atomic mass is 16.5. The molecule has 0 spiro atoms. The van der Waals surface area contributed by atoms with Crippen LogP contribution in [0, 0.1) is 0 Å². The van der Waals surface area contributed by atoms with Gasteiger partial charge in [-0.1, -0.05) is 123 Å². The smallest absolute Gasteiger partial charge is 0.305 e. The van der Waals surface area contributed by atoms with Gasteiger partial charge in [0, 0.05) is 12.8 Å². The van der Waals surface area contributed by atoms with E-state index in [1.165, 1.54) is 89.9 Å². The molecule has 0 aromatic carbocycles. The van der Waals surface area contributed by atoms with E-state index in [4.69, 9.17) is 9.47 Å². The Morgan fingerprint density at radius 1 is 0.394 bits per heavy atom. The van der Waals surface area contributed by atoms with Crippen molar-refractivity contribution in [2.75, 3.05) is 13.2 Å². The standard InChI is InChI=1S/C29H56O4/c1-3-5-7-9-10-11-12-13-14-15-16-18-23-27-33-29(31)25-21-19-20-24-28(30)32-26-22-17-8-6-4-2/h3-27H2,1-2H3. The van der Waals surface area contributed by atoms with Gasteiger partial charge in [0.1, 0.15) is 0 Å². The summed E-state index contributed by atoms with van der Waals surface area (Å²) in [4.78, 5) is 23.5. The van der Waals surface area contributed by atoms with Crippen molar-refractivity contribution in [3.63, 3.8) is 0 Å². The predicted octanol–water partition coefficient (Wildman–Crippen LogP) is 9.08. The largest absolute Gasteiger partial charge is 0.466 e. The van der Waals surface area contributed by atoms with E-state index in [0.29, 0.717) is 26.1 Å². The second kappa shape index (κ2) is 27.2. The van der Waals surface area contributed by atoms with Gasteiger partial charge in [0.05, 0.1) is 13.2 Å². The minimum absolute atomic E-state index is 0.0939. The molecule has 4 heteroatoms. The molecule has 0 saturated carbocycles. The number of unbranched alkanes of at least 4 members (excludes halogenated alkanes) is 18. The Kier molecular flexibility index (Phi) is 26.3. The van der Waals surface area contributed by atoms with Gasteiger partial charge in [-0.3, -0.25) is 9.59 Å². The highest BCUT2D eigenvalue weighted by Gasteiger charge is 2.05. The third kappa shape index (κ3) is 27.1. The second-order valence-electron chi connectivity index (χ2n) is 9.66. The fourth-order valence-electron chi connectivity index (χ4n) is 4.06. The van der Waals surface area contributed by atoms with E-state index in [9.17, 15) is 9.59 Å². The van der Waals surface area contributed by atoms with Crippen LogP contribution in [0.3, 0.4) is 0 Å². The molecular formula is C29H56O4. The fraction of sp³-hybridized carbons (Fsp3) is 0.931. The van der Waals surface area contributed by atoms with Gasteiger partial charge in [-0.15, -0.1) is 0 Å². The molecular weight excluding hydrogens is 412 g/mol. The number of carbonyl (C=O) groups is 2. The van der Waals surface area contributed by atoms with Crippen molar-refractivity contribution in [3.05, 3.63) is 0 Å². The summed E-state index contributed by atoms with van der Waals surface area (Å²) >= 11 is 0. The first kappa shape index (κ1) is 31.9. The van der Waals surface area contributed by atoms with Crippen LogP contribution in [-0.4, -0.2) is 25.2 Å². The van der Waals surface area contributed by atoms with Gasteiger partial charge < -0.3 is 9.47 Å². The summed E-state index contributed by atoms with van der Waals surface area (Å²) in [6.07, 6.45) is 26.4. The molecule has 0 saturated heterocycles. The first-order valence-corrected chi connectivity index (χ1v) is 14.5. The van der Waals surface area contributed by atoms with Gasteiger partial charge in [-0.05, 0) is 25.7 Å². The van der Waals surface area contributed by atoms with Gasteiger partial charge in [-0.25, -0.2) is 0 Å². The number of esters is 2. The van der Waals surface area contributed by atoms with Crippen LogP contribution >= 0.6 is 0 Å². The number of hydrogen-bond acceptors (Lipinski definition) is 4. The molecule has 0 aliphatic heterocycles. The van der Waals surface area contributed by atoms with Crippen molar-refractivity contribution in [2.24, 2.45) is 0 Å². The molecule has 0 rings (SSSR count). The van der Waals surface area contributed by atoms with E-state index in [2.05, 4.69) is 13.8 Å². The Morgan fingerprint density at radius 2 is 0.667 bits per heavy atom. The lowest BCUT2D eigenvalue weighted by Crippen LogP contribution is -2.07. The van der Waals surface area contributed by atoms with E-state index in [-0.39, 0.29) is 11.9 Å². The SMILES string of the molecule is CCCCCCCCCCCCCCCOC(=O)CCCCCC(=O)OCCCCCCC. The third-order valence-corrected chi connectivity index (χ3v) is 6.28. The van der Waals surface area contributed by atoms with Crippen LogP contribution in [0.2, 0.25) is 0 Å². The lowest BCUT2D eigenvalue weighted by Gasteiger charge is -2.06. The zero-order chi connectivity index (χ0) is 24.2. The first-order chi connectivity index (χ1) is 16.2. The van der Waals surface area contributed by atoms with Crippen molar-refractivity contribution < 1.29 is 19.1 Å². The molecule has 0 bridgehead atoms. The summed E-state index contributed by atoms with van der Waals surface area (Å²) in [5.74, 6) is -0.195. The van der Waals surface area contributed by atoms with E-state index >= 15 is 0 Å². The monoisotopic (exact) mass is 468 g/mol. The zero-order valence-corrected chi connectivity index (χ0v) is 22.3.